The quantitative estimate of drug-likeness (QED) is 0.904. The Morgan fingerprint density at radius 3 is 2.71 bits per heavy atom. The van der Waals surface area contributed by atoms with E-state index < -0.39 is 5.97 Å². The van der Waals surface area contributed by atoms with Crippen molar-refractivity contribution in [1.82, 2.24) is 4.90 Å². The van der Waals surface area contributed by atoms with Crippen LogP contribution in [0, 0.1) is 0 Å². The second kappa shape index (κ2) is 6.39. The van der Waals surface area contributed by atoms with Gasteiger partial charge in [-0.15, -0.1) is 0 Å². The Morgan fingerprint density at radius 2 is 2.12 bits per heavy atom. The molecule has 4 nitrogen and oxygen atoms in total. The molecule has 1 rings (SSSR count). The van der Waals surface area contributed by atoms with Gasteiger partial charge in [0.25, 0.3) is 0 Å². The number of halogens is 1. The fourth-order valence-electron chi connectivity index (χ4n) is 1.43. The summed E-state index contributed by atoms with van der Waals surface area (Å²) in [7, 11) is 1.50. The van der Waals surface area contributed by atoms with Gasteiger partial charge in [0, 0.05) is 17.9 Å². The zero-order valence-electron chi connectivity index (χ0n) is 9.52. The molecule has 92 valence electrons. The van der Waals surface area contributed by atoms with Gasteiger partial charge in [-0.1, -0.05) is 28.1 Å². The van der Waals surface area contributed by atoms with Gasteiger partial charge in [0.15, 0.2) is 0 Å². The van der Waals surface area contributed by atoms with E-state index in [1.165, 1.54) is 11.9 Å². The van der Waals surface area contributed by atoms with Gasteiger partial charge in [0.05, 0.1) is 0 Å². The van der Waals surface area contributed by atoms with Gasteiger partial charge in [0.2, 0.25) is 5.91 Å². The van der Waals surface area contributed by atoms with Crippen molar-refractivity contribution in [1.29, 1.82) is 0 Å². The number of hydrogen-bond acceptors (Lipinski definition) is 2. The molecule has 0 saturated heterocycles. The molecule has 0 aliphatic rings. The molecule has 17 heavy (non-hydrogen) atoms. The minimum Gasteiger partial charge on any atom is -0.480 e. The fourth-order valence-corrected chi connectivity index (χ4v) is 1.87. The van der Waals surface area contributed by atoms with Crippen LogP contribution in [0.2, 0.25) is 0 Å². The molecule has 0 aliphatic carbocycles. The molecule has 1 N–H and O–H groups in total. The van der Waals surface area contributed by atoms with E-state index in [4.69, 9.17) is 5.11 Å². The van der Waals surface area contributed by atoms with E-state index in [2.05, 4.69) is 15.9 Å². The molecule has 5 heteroatoms. The first-order chi connectivity index (χ1) is 7.99. The van der Waals surface area contributed by atoms with Crippen molar-refractivity contribution in [3.8, 4) is 0 Å². The van der Waals surface area contributed by atoms with Crippen LogP contribution in [0.4, 0.5) is 0 Å². The average molecular weight is 300 g/mol. The molecule has 1 aromatic carbocycles. The van der Waals surface area contributed by atoms with Crippen molar-refractivity contribution in [2.45, 2.75) is 12.8 Å². The molecule has 0 saturated carbocycles. The minimum absolute atomic E-state index is 0.160. The van der Waals surface area contributed by atoms with E-state index in [9.17, 15) is 9.59 Å². The minimum atomic E-state index is -0.997. The Balaban J connectivity index is 2.45. The summed E-state index contributed by atoms with van der Waals surface area (Å²) < 4.78 is 0.973. The molecule has 0 bridgehead atoms. The predicted octanol–water partition coefficient (Wildman–Crippen LogP) is 1.92. The molecular weight excluding hydrogens is 286 g/mol. The van der Waals surface area contributed by atoms with Gasteiger partial charge < -0.3 is 10.0 Å². The second-order valence-electron chi connectivity index (χ2n) is 3.77. The van der Waals surface area contributed by atoms with Crippen LogP contribution in [0.5, 0.6) is 0 Å². The molecule has 0 radical (unpaired) electrons. The Kier molecular flexibility index (Phi) is 5.15. The van der Waals surface area contributed by atoms with Crippen LogP contribution in [0.15, 0.2) is 28.7 Å². The van der Waals surface area contributed by atoms with Crippen LogP contribution in [0.25, 0.3) is 0 Å². The summed E-state index contributed by atoms with van der Waals surface area (Å²) in [4.78, 5) is 23.2. The van der Waals surface area contributed by atoms with Gasteiger partial charge >= 0.3 is 5.97 Å². The van der Waals surface area contributed by atoms with E-state index in [-0.39, 0.29) is 12.5 Å². The van der Waals surface area contributed by atoms with Crippen molar-refractivity contribution < 1.29 is 14.7 Å². The van der Waals surface area contributed by atoms with Gasteiger partial charge in [-0.05, 0) is 24.1 Å². The number of rotatable bonds is 5. The molecule has 0 aromatic heterocycles. The third-order valence-electron chi connectivity index (χ3n) is 2.31. The summed E-state index contributed by atoms with van der Waals surface area (Å²) >= 11 is 3.36. The van der Waals surface area contributed by atoms with Crippen LogP contribution in [0.1, 0.15) is 12.0 Å². The summed E-state index contributed by atoms with van der Waals surface area (Å²) in [6, 6.07) is 7.71. The lowest BCUT2D eigenvalue weighted by molar-refractivity contribution is -0.143. The molecule has 0 atom stereocenters. The zero-order chi connectivity index (χ0) is 12.8. The van der Waals surface area contributed by atoms with E-state index in [0.29, 0.717) is 12.8 Å². The summed E-state index contributed by atoms with van der Waals surface area (Å²) in [5.74, 6) is -1.16. The average Bonchev–Trinajstić information content (AvgIpc) is 2.25. The first kappa shape index (κ1) is 13.7. The summed E-state index contributed by atoms with van der Waals surface area (Å²) in [6.45, 7) is -0.253. The summed E-state index contributed by atoms with van der Waals surface area (Å²) in [5.41, 5.74) is 1.05. The third kappa shape index (κ3) is 4.99. The Bertz CT molecular complexity index is 420. The lowest BCUT2D eigenvalue weighted by Crippen LogP contribution is -2.32. The Hall–Kier alpha value is -1.36. The fraction of sp³-hybridized carbons (Fsp3) is 0.333. The predicted molar refractivity (Wildman–Crippen MR) is 67.7 cm³/mol. The molecular formula is C12H14BrNO3. The first-order valence-electron chi connectivity index (χ1n) is 5.19. The standard InChI is InChI=1S/C12H14BrNO3/c1-14(8-12(16)17)11(15)6-5-9-3-2-4-10(13)7-9/h2-4,7H,5-6,8H2,1H3,(H,16,17). The monoisotopic (exact) mass is 299 g/mol. The van der Waals surface area contributed by atoms with E-state index in [1.807, 2.05) is 24.3 Å². The molecule has 0 unspecified atom stereocenters. The van der Waals surface area contributed by atoms with Gasteiger partial charge in [0.1, 0.15) is 6.54 Å². The largest absolute Gasteiger partial charge is 0.480 e. The van der Waals surface area contributed by atoms with Crippen LogP contribution >= 0.6 is 15.9 Å². The maximum atomic E-state index is 11.6. The third-order valence-corrected chi connectivity index (χ3v) is 2.81. The Labute approximate surface area is 108 Å². The highest BCUT2D eigenvalue weighted by Gasteiger charge is 2.11. The maximum Gasteiger partial charge on any atom is 0.323 e. The van der Waals surface area contributed by atoms with Crippen LogP contribution < -0.4 is 0 Å². The molecule has 0 aliphatic heterocycles. The van der Waals surface area contributed by atoms with Crippen molar-refractivity contribution in [3.05, 3.63) is 34.3 Å². The van der Waals surface area contributed by atoms with Crippen molar-refractivity contribution in [3.63, 3.8) is 0 Å². The highest BCUT2D eigenvalue weighted by Crippen LogP contribution is 2.13. The number of aliphatic carboxylic acids is 1. The van der Waals surface area contributed by atoms with Crippen LogP contribution in [0.3, 0.4) is 0 Å². The number of likely N-dealkylation sites (N-methyl/N-ethyl adjacent to an activating group) is 1. The summed E-state index contributed by atoms with van der Waals surface area (Å²) in [6.07, 6.45) is 0.933. The van der Waals surface area contributed by atoms with Crippen LogP contribution in [-0.2, 0) is 16.0 Å². The lowest BCUT2D eigenvalue weighted by Gasteiger charge is -2.14. The molecule has 1 amide bonds. The SMILES string of the molecule is CN(CC(=O)O)C(=O)CCc1cccc(Br)c1. The number of hydrogen-bond donors (Lipinski definition) is 1. The van der Waals surface area contributed by atoms with E-state index in [0.717, 1.165) is 10.0 Å². The van der Waals surface area contributed by atoms with Crippen molar-refractivity contribution in [2.24, 2.45) is 0 Å². The Morgan fingerprint density at radius 1 is 1.41 bits per heavy atom. The number of benzene rings is 1. The maximum absolute atomic E-state index is 11.6. The number of amides is 1. The second-order valence-corrected chi connectivity index (χ2v) is 4.69. The van der Waals surface area contributed by atoms with Gasteiger partial charge in [-0.25, -0.2) is 0 Å². The normalized spacial score (nSPS) is 10.0. The number of carboxylic acids is 1. The molecule has 1 aromatic rings. The van der Waals surface area contributed by atoms with E-state index in [1.54, 1.807) is 0 Å². The molecule has 0 spiro atoms. The number of nitrogens with zero attached hydrogens (tertiary/aromatic N) is 1. The lowest BCUT2D eigenvalue weighted by atomic mass is 10.1. The molecule has 0 heterocycles. The number of carboxylic acid groups (broad SMARTS) is 1. The first-order valence-corrected chi connectivity index (χ1v) is 5.98. The number of carbonyl (C=O) groups is 2. The topological polar surface area (TPSA) is 57.6 Å². The van der Waals surface area contributed by atoms with Gasteiger partial charge in [-0.3, -0.25) is 9.59 Å². The highest BCUT2D eigenvalue weighted by atomic mass is 79.9. The number of aryl methyl sites for hydroxylation is 1. The zero-order valence-corrected chi connectivity index (χ0v) is 11.1. The van der Waals surface area contributed by atoms with E-state index >= 15 is 0 Å². The van der Waals surface area contributed by atoms with Crippen molar-refractivity contribution >= 4 is 27.8 Å². The summed E-state index contributed by atoms with van der Waals surface area (Å²) in [5, 5.41) is 8.55. The molecule has 0 fully saturated rings. The van der Waals surface area contributed by atoms with Gasteiger partial charge in [-0.2, -0.15) is 0 Å². The van der Waals surface area contributed by atoms with Crippen LogP contribution in [-0.4, -0.2) is 35.5 Å². The van der Waals surface area contributed by atoms with Crippen molar-refractivity contribution in [2.75, 3.05) is 13.6 Å². The highest BCUT2D eigenvalue weighted by molar-refractivity contribution is 9.10. The number of carbonyl (C=O) groups excluding carboxylic acids is 1. The smallest absolute Gasteiger partial charge is 0.323 e.